The largest absolute Gasteiger partial charge is 0.389 e. The number of piperidine rings is 1. The van der Waals surface area contributed by atoms with Crippen LogP contribution in [0.2, 0.25) is 0 Å². The summed E-state index contributed by atoms with van der Waals surface area (Å²) >= 11 is 0. The number of rotatable bonds is 5. The van der Waals surface area contributed by atoms with Gasteiger partial charge in [-0.3, -0.25) is 0 Å². The van der Waals surface area contributed by atoms with E-state index in [1.807, 2.05) is 6.92 Å². The van der Waals surface area contributed by atoms with Crippen molar-refractivity contribution >= 4 is 0 Å². The predicted octanol–water partition coefficient (Wildman–Crippen LogP) is 1.89. The van der Waals surface area contributed by atoms with E-state index in [4.69, 9.17) is 4.74 Å². The Labute approximate surface area is 99.8 Å². The summed E-state index contributed by atoms with van der Waals surface area (Å²) < 4.78 is 5.62. The molecule has 0 spiro atoms. The Hall–Kier alpha value is -0.120. The van der Waals surface area contributed by atoms with Crippen LogP contribution in [-0.4, -0.2) is 48.0 Å². The molecule has 0 saturated carbocycles. The molecule has 0 aromatic carbocycles. The highest BCUT2D eigenvalue weighted by atomic mass is 16.5. The molecule has 1 aliphatic heterocycles. The Morgan fingerprint density at radius 1 is 1.38 bits per heavy atom. The van der Waals surface area contributed by atoms with Crippen LogP contribution in [0.25, 0.3) is 0 Å². The van der Waals surface area contributed by atoms with Gasteiger partial charge >= 0.3 is 0 Å². The van der Waals surface area contributed by atoms with E-state index in [9.17, 15) is 5.11 Å². The average Bonchev–Trinajstić information content (AvgIpc) is 2.21. The topological polar surface area (TPSA) is 32.7 Å². The molecule has 3 nitrogen and oxygen atoms in total. The van der Waals surface area contributed by atoms with Crippen LogP contribution in [0.3, 0.4) is 0 Å². The molecule has 0 radical (unpaired) electrons. The van der Waals surface area contributed by atoms with E-state index in [1.54, 1.807) is 0 Å². The van der Waals surface area contributed by atoms with Gasteiger partial charge in [0.05, 0.1) is 11.7 Å². The van der Waals surface area contributed by atoms with E-state index in [0.29, 0.717) is 12.0 Å². The van der Waals surface area contributed by atoms with E-state index in [1.165, 1.54) is 0 Å². The van der Waals surface area contributed by atoms with Crippen LogP contribution in [0.1, 0.15) is 40.5 Å². The normalized spacial score (nSPS) is 23.6. The first-order valence-corrected chi connectivity index (χ1v) is 6.52. The summed E-state index contributed by atoms with van der Waals surface area (Å²) in [6, 6.07) is 0. The first-order chi connectivity index (χ1) is 7.45. The number of ether oxygens (including phenoxy) is 1. The first-order valence-electron chi connectivity index (χ1n) is 6.52. The fourth-order valence-corrected chi connectivity index (χ4v) is 2.11. The molecule has 0 aromatic heterocycles. The molecule has 1 aliphatic rings. The molecule has 0 amide bonds. The van der Waals surface area contributed by atoms with Gasteiger partial charge in [-0.25, -0.2) is 0 Å². The lowest BCUT2D eigenvalue weighted by Gasteiger charge is -2.38. The monoisotopic (exact) mass is 229 g/mol. The second-order valence-corrected chi connectivity index (χ2v) is 5.44. The molecule has 0 aliphatic carbocycles. The molecule has 1 atom stereocenters. The van der Waals surface area contributed by atoms with Crippen molar-refractivity contribution < 1.29 is 9.84 Å². The molecule has 1 N–H and O–H groups in total. The molecular formula is C13H27NO2. The van der Waals surface area contributed by atoms with Crippen molar-refractivity contribution in [2.24, 2.45) is 5.92 Å². The van der Waals surface area contributed by atoms with Gasteiger partial charge in [0.1, 0.15) is 0 Å². The summed E-state index contributed by atoms with van der Waals surface area (Å²) in [6.45, 7) is 11.8. The van der Waals surface area contributed by atoms with Gasteiger partial charge in [-0.15, -0.1) is 0 Å². The lowest BCUT2D eigenvalue weighted by atomic mass is 9.91. The van der Waals surface area contributed by atoms with Gasteiger partial charge in [-0.1, -0.05) is 13.8 Å². The van der Waals surface area contributed by atoms with Gasteiger partial charge in [0.2, 0.25) is 0 Å². The maximum Gasteiger partial charge on any atom is 0.0768 e. The predicted molar refractivity (Wildman–Crippen MR) is 66.5 cm³/mol. The highest BCUT2D eigenvalue weighted by Gasteiger charge is 2.29. The molecular weight excluding hydrogens is 202 g/mol. The third-order valence-electron chi connectivity index (χ3n) is 3.72. The molecule has 1 saturated heterocycles. The average molecular weight is 229 g/mol. The number of hydrogen-bond donors (Lipinski definition) is 1. The van der Waals surface area contributed by atoms with Crippen LogP contribution in [-0.2, 0) is 4.74 Å². The molecule has 0 bridgehead atoms. The van der Waals surface area contributed by atoms with Gasteiger partial charge in [-0.2, -0.15) is 0 Å². The van der Waals surface area contributed by atoms with Crippen molar-refractivity contribution in [2.75, 3.05) is 26.2 Å². The third-order valence-corrected chi connectivity index (χ3v) is 3.72. The van der Waals surface area contributed by atoms with Crippen LogP contribution >= 0.6 is 0 Å². The molecule has 3 heteroatoms. The van der Waals surface area contributed by atoms with Gasteiger partial charge < -0.3 is 14.7 Å². The van der Waals surface area contributed by atoms with Crippen molar-refractivity contribution in [3.05, 3.63) is 0 Å². The fourth-order valence-electron chi connectivity index (χ4n) is 2.11. The smallest absolute Gasteiger partial charge is 0.0768 e. The second-order valence-electron chi connectivity index (χ2n) is 5.44. The maximum absolute atomic E-state index is 10.2. The molecule has 1 fully saturated rings. The lowest BCUT2D eigenvalue weighted by molar-refractivity contribution is -0.0422. The van der Waals surface area contributed by atoms with E-state index in [-0.39, 0.29) is 0 Å². The number of β-amino-alcohol motifs (C(OH)–C–C–N with tert-alkyl or cyclic N) is 1. The summed E-state index contributed by atoms with van der Waals surface area (Å²) in [5.74, 6) is 0.303. The van der Waals surface area contributed by atoms with Crippen LogP contribution < -0.4 is 0 Å². The van der Waals surface area contributed by atoms with Crippen LogP contribution in [0, 0.1) is 5.92 Å². The Bertz CT molecular complexity index is 196. The third kappa shape index (κ3) is 4.04. The summed E-state index contributed by atoms with van der Waals surface area (Å²) in [5, 5.41) is 10.2. The maximum atomic E-state index is 10.2. The van der Waals surface area contributed by atoms with Gasteiger partial charge in [-0.05, 0) is 32.6 Å². The van der Waals surface area contributed by atoms with E-state index >= 15 is 0 Å². The van der Waals surface area contributed by atoms with Gasteiger partial charge in [0, 0.05) is 26.2 Å². The van der Waals surface area contributed by atoms with E-state index in [2.05, 4.69) is 25.7 Å². The van der Waals surface area contributed by atoms with Crippen LogP contribution in [0.4, 0.5) is 0 Å². The van der Waals surface area contributed by atoms with Crippen molar-refractivity contribution in [1.82, 2.24) is 4.90 Å². The summed E-state index contributed by atoms with van der Waals surface area (Å²) in [7, 11) is 0. The second kappa shape index (κ2) is 5.99. The zero-order chi connectivity index (χ0) is 12.2. The van der Waals surface area contributed by atoms with Crippen molar-refractivity contribution in [3.8, 4) is 0 Å². The fraction of sp³-hybridized carbons (Fsp3) is 1.00. The summed E-state index contributed by atoms with van der Waals surface area (Å²) in [4.78, 5) is 2.36. The standard InChI is InChI=1S/C13H27NO2/c1-5-16-12-6-8-14(9-7-12)10-13(4,15)11(2)3/h11-12,15H,5-10H2,1-4H3. The Morgan fingerprint density at radius 3 is 2.38 bits per heavy atom. The Morgan fingerprint density at radius 2 is 1.94 bits per heavy atom. The molecule has 1 heterocycles. The van der Waals surface area contributed by atoms with Crippen LogP contribution in [0.5, 0.6) is 0 Å². The Kier molecular flexibility index (Phi) is 5.22. The van der Waals surface area contributed by atoms with Crippen molar-refractivity contribution in [1.29, 1.82) is 0 Å². The molecule has 16 heavy (non-hydrogen) atoms. The van der Waals surface area contributed by atoms with Crippen molar-refractivity contribution in [3.63, 3.8) is 0 Å². The SMILES string of the molecule is CCOC1CCN(CC(C)(O)C(C)C)CC1. The minimum absolute atomic E-state index is 0.303. The van der Waals surface area contributed by atoms with Gasteiger partial charge in [0.15, 0.2) is 0 Å². The molecule has 0 aromatic rings. The zero-order valence-electron chi connectivity index (χ0n) is 11.2. The highest BCUT2D eigenvalue weighted by molar-refractivity contribution is 4.83. The number of hydrogen-bond acceptors (Lipinski definition) is 3. The number of nitrogens with zero attached hydrogens (tertiary/aromatic N) is 1. The van der Waals surface area contributed by atoms with Crippen LogP contribution in [0.15, 0.2) is 0 Å². The summed E-state index contributed by atoms with van der Waals surface area (Å²) in [5.41, 5.74) is -0.571. The lowest BCUT2D eigenvalue weighted by Crippen LogP contribution is -2.48. The highest BCUT2D eigenvalue weighted by Crippen LogP contribution is 2.21. The minimum atomic E-state index is -0.571. The number of likely N-dealkylation sites (tertiary alicyclic amines) is 1. The zero-order valence-corrected chi connectivity index (χ0v) is 11.2. The van der Waals surface area contributed by atoms with Gasteiger partial charge in [0.25, 0.3) is 0 Å². The molecule has 1 rings (SSSR count). The minimum Gasteiger partial charge on any atom is -0.389 e. The van der Waals surface area contributed by atoms with E-state index in [0.717, 1.165) is 39.1 Å². The molecule has 1 unspecified atom stereocenters. The van der Waals surface area contributed by atoms with E-state index < -0.39 is 5.60 Å². The number of aliphatic hydroxyl groups is 1. The Balaban J connectivity index is 2.32. The first kappa shape index (κ1) is 13.9. The summed E-state index contributed by atoms with van der Waals surface area (Å²) in [6.07, 6.45) is 2.63. The van der Waals surface area contributed by atoms with Crippen molar-refractivity contribution in [2.45, 2.75) is 52.2 Å². The quantitative estimate of drug-likeness (QED) is 0.781. The molecule has 96 valence electrons.